The molecule has 2 aromatic carbocycles. The minimum Gasteiger partial charge on any atom is -0.339 e. The monoisotopic (exact) mass is 402 g/mol. The molecule has 0 radical (unpaired) electrons. The van der Waals surface area contributed by atoms with Crippen molar-refractivity contribution in [3.05, 3.63) is 67.0 Å². The summed E-state index contributed by atoms with van der Waals surface area (Å²) < 4.78 is 29.2. The first-order valence-corrected chi connectivity index (χ1v) is 10.3. The van der Waals surface area contributed by atoms with E-state index < -0.39 is 10.0 Å². The number of rotatable bonds is 5. The van der Waals surface area contributed by atoms with E-state index in [0.717, 1.165) is 22.3 Å². The van der Waals surface area contributed by atoms with Crippen molar-refractivity contribution in [2.24, 2.45) is 0 Å². The molecule has 0 aliphatic heterocycles. The van der Waals surface area contributed by atoms with Crippen LogP contribution in [0.4, 0.5) is 10.5 Å². The Morgan fingerprint density at radius 2 is 1.74 bits per heavy atom. The zero-order valence-corrected chi connectivity index (χ0v) is 16.4. The van der Waals surface area contributed by atoms with E-state index in [1.807, 2.05) is 30.3 Å². The average Bonchev–Trinajstić information content (AvgIpc) is 3.15. The molecule has 0 aliphatic rings. The molecule has 1 amide bonds. The number of carbonyl (C=O) groups excluding carboxylic acids is 1. The summed E-state index contributed by atoms with van der Waals surface area (Å²) in [6, 6.07) is 15.9. The van der Waals surface area contributed by atoms with Gasteiger partial charge in [0.2, 0.25) is 0 Å². The molecule has 9 heteroatoms. The van der Waals surface area contributed by atoms with E-state index in [0.29, 0.717) is 5.69 Å². The second-order valence-electron chi connectivity index (χ2n) is 5.85. The highest BCUT2D eigenvalue weighted by Gasteiger charge is 2.17. The van der Waals surface area contributed by atoms with Crippen LogP contribution in [-0.4, -0.2) is 42.4 Å². The number of benzene rings is 2. The lowest BCUT2D eigenvalue weighted by Crippen LogP contribution is -2.16. The quantitative estimate of drug-likeness (QED) is 0.661. The molecule has 0 spiro atoms. The van der Waals surface area contributed by atoms with E-state index in [4.69, 9.17) is 0 Å². The average molecular weight is 403 g/mol. The molecule has 0 bridgehead atoms. The minimum atomic E-state index is -3.77. The molecule has 140 valence electrons. The largest absolute Gasteiger partial charge is 0.339 e. The second kappa shape index (κ2) is 7.85. The minimum absolute atomic E-state index is 0.0626. The third kappa shape index (κ3) is 4.69. The van der Waals surface area contributed by atoms with Gasteiger partial charge in [-0.15, -0.1) is 0 Å². The number of hydrogen-bond donors (Lipinski definition) is 1. The maximum absolute atomic E-state index is 12.6. The molecular formula is C18H18N4O3S2. The van der Waals surface area contributed by atoms with Crippen LogP contribution in [0.2, 0.25) is 0 Å². The van der Waals surface area contributed by atoms with Crippen molar-refractivity contribution >= 4 is 32.7 Å². The number of amides is 1. The Morgan fingerprint density at radius 3 is 2.37 bits per heavy atom. The molecule has 0 aliphatic carbocycles. The number of hydrogen-bond acceptors (Lipinski definition) is 5. The summed E-state index contributed by atoms with van der Waals surface area (Å²) in [7, 11) is -0.417. The first-order chi connectivity index (χ1) is 12.8. The van der Waals surface area contributed by atoms with Gasteiger partial charge >= 0.3 is 0 Å². The highest BCUT2D eigenvalue weighted by molar-refractivity contribution is 8.13. The lowest BCUT2D eigenvalue weighted by atomic mass is 10.3. The molecular weight excluding hydrogens is 384 g/mol. The summed E-state index contributed by atoms with van der Waals surface area (Å²) in [5.74, 6) is 0. The summed E-state index contributed by atoms with van der Waals surface area (Å²) in [5.41, 5.74) is 1.18. The summed E-state index contributed by atoms with van der Waals surface area (Å²) in [4.78, 5) is 14.0. The first-order valence-electron chi connectivity index (χ1n) is 7.97. The van der Waals surface area contributed by atoms with Crippen LogP contribution in [0.15, 0.2) is 76.8 Å². The third-order valence-electron chi connectivity index (χ3n) is 3.57. The predicted octanol–water partition coefficient (Wildman–Crippen LogP) is 3.45. The fraction of sp³-hybridized carbons (Fsp3) is 0.111. The van der Waals surface area contributed by atoms with Crippen molar-refractivity contribution in [1.82, 2.24) is 14.7 Å². The molecule has 3 aromatic rings. The first kappa shape index (κ1) is 19.0. The summed E-state index contributed by atoms with van der Waals surface area (Å²) in [5, 5.41) is 4.01. The highest BCUT2D eigenvalue weighted by atomic mass is 32.2. The van der Waals surface area contributed by atoms with Gasteiger partial charge in [0.25, 0.3) is 15.3 Å². The van der Waals surface area contributed by atoms with Gasteiger partial charge in [0.15, 0.2) is 0 Å². The number of nitrogens with zero attached hydrogens (tertiary/aromatic N) is 3. The van der Waals surface area contributed by atoms with Crippen molar-refractivity contribution in [3.8, 4) is 5.69 Å². The van der Waals surface area contributed by atoms with E-state index in [1.54, 1.807) is 38.4 Å². The number of nitrogens with one attached hydrogen (secondary N) is 1. The number of thioether (sulfide) groups is 1. The van der Waals surface area contributed by atoms with Crippen LogP contribution in [0, 0.1) is 0 Å². The van der Waals surface area contributed by atoms with Crippen LogP contribution in [0.25, 0.3) is 5.69 Å². The number of para-hydroxylation sites is 1. The maximum Gasteiger partial charge on any atom is 0.285 e. The van der Waals surface area contributed by atoms with E-state index in [2.05, 4.69) is 9.82 Å². The molecule has 0 atom stereocenters. The van der Waals surface area contributed by atoms with E-state index in [1.165, 1.54) is 22.0 Å². The van der Waals surface area contributed by atoms with Gasteiger partial charge in [0.05, 0.1) is 18.1 Å². The summed E-state index contributed by atoms with van der Waals surface area (Å²) in [6.45, 7) is 0. The van der Waals surface area contributed by atoms with Crippen LogP contribution < -0.4 is 4.72 Å². The van der Waals surface area contributed by atoms with Gasteiger partial charge in [0.1, 0.15) is 4.90 Å². The Morgan fingerprint density at radius 1 is 1.07 bits per heavy atom. The van der Waals surface area contributed by atoms with Crippen LogP contribution in [0.1, 0.15) is 0 Å². The second-order valence-corrected chi connectivity index (χ2v) is 8.56. The molecule has 1 aromatic heterocycles. The SMILES string of the molecule is CN(C)C(=O)Sc1ccc(NS(=O)(=O)c2cnn(-c3ccccc3)c2)cc1. The molecule has 3 rings (SSSR count). The summed E-state index contributed by atoms with van der Waals surface area (Å²) in [6.07, 6.45) is 2.76. The molecule has 1 heterocycles. The normalized spacial score (nSPS) is 11.2. The smallest absolute Gasteiger partial charge is 0.285 e. The molecule has 0 fully saturated rings. The molecule has 1 N–H and O–H groups in total. The Labute approximate surface area is 162 Å². The highest BCUT2D eigenvalue weighted by Crippen LogP contribution is 2.24. The van der Waals surface area contributed by atoms with Crippen molar-refractivity contribution < 1.29 is 13.2 Å². The topological polar surface area (TPSA) is 84.3 Å². The Balaban J connectivity index is 1.73. The molecule has 27 heavy (non-hydrogen) atoms. The third-order valence-corrected chi connectivity index (χ3v) is 5.95. The van der Waals surface area contributed by atoms with Gasteiger partial charge in [-0.2, -0.15) is 5.10 Å². The maximum atomic E-state index is 12.6. The van der Waals surface area contributed by atoms with Crippen molar-refractivity contribution in [3.63, 3.8) is 0 Å². The molecule has 0 unspecified atom stereocenters. The summed E-state index contributed by atoms with van der Waals surface area (Å²) >= 11 is 1.07. The van der Waals surface area contributed by atoms with E-state index in [9.17, 15) is 13.2 Å². The lowest BCUT2D eigenvalue weighted by molar-refractivity contribution is 0.241. The van der Waals surface area contributed by atoms with Crippen LogP contribution in [0.5, 0.6) is 0 Å². The zero-order valence-electron chi connectivity index (χ0n) is 14.7. The molecule has 0 saturated carbocycles. The van der Waals surface area contributed by atoms with Gasteiger partial charge in [-0.25, -0.2) is 13.1 Å². The van der Waals surface area contributed by atoms with Gasteiger partial charge in [-0.05, 0) is 48.2 Å². The standard InChI is InChI=1S/C18H18N4O3S2/c1-21(2)18(23)26-16-10-8-14(9-11-16)20-27(24,25)17-12-19-22(13-17)15-6-4-3-5-7-15/h3-13,20H,1-2H3. The number of sulfonamides is 1. The van der Waals surface area contributed by atoms with E-state index in [-0.39, 0.29) is 10.1 Å². The molecule has 7 nitrogen and oxygen atoms in total. The van der Waals surface area contributed by atoms with Crippen molar-refractivity contribution in [1.29, 1.82) is 0 Å². The predicted molar refractivity (Wildman–Crippen MR) is 106 cm³/mol. The van der Waals surface area contributed by atoms with Gasteiger partial charge in [0, 0.05) is 24.7 Å². The Kier molecular flexibility index (Phi) is 5.52. The van der Waals surface area contributed by atoms with E-state index >= 15 is 0 Å². The van der Waals surface area contributed by atoms with Crippen molar-refractivity contribution in [2.75, 3.05) is 18.8 Å². The number of anilines is 1. The number of aromatic nitrogens is 2. The van der Waals surface area contributed by atoms with Crippen molar-refractivity contribution in [2.45, 2.75) is 9.79 Å². The van der Waals surface area contributed by atoms with Crippen LogP contribution in [0.3, 0.4) is 0 Å². The Bertz CT molecular complexity index is 1030. The lowest BCUT2D eigenvalue weighted by Gasteiger charge is -2.10. The Hall–Kier alpha value is -2.78. The number of carbonyl (C=O) groups is 1. The van der Waals surface area contributed by atoms with Gasteiger partial charge in [-0.3, -0.25) is 9.52 Å². The van der Waals surface area contributed by atoms with Gasteiger partial charge in [-0.1, -0.05) is 18.2 Å². The molecule has 0 saturated heterocycles. The fourth-order valence-corrected chi connectivity index (χ4v) is 3.81. The van der Waals surface area contributed by atoms with Crippen LogP contribution in [-0.2, 0) is 10.0 Å². The van der Waals surface area contributed by atoms with Crippen LogP contribution >= 0.6 is 11.8 Å². The zero-order chi connectivity index (χ0) is 19.4. The van der Waals surface area contributed by atoms with Gasteiger partial charge < -0.3 is 4.90 Å². The fourth-order valence-electron chi connectivity index (χ4n) is 2.16.